The van der Waals surface area contributed by atoms with Gasteiger partial charge in [-0.15, -0.1) is 0 Å². The number of guanidine groups is 1. The molecule has 0 saturated heterocycles. The SMILES string of the molecule is OCCCN1CN=C2N[C@H](c3ccc(F)cc3F)n3c(nc4ccccc43)N2C1. The molecule has 2 N–H and O–H groups in total. The summed E-state index contributed by atoms with van der Waals surface area (Å²) in [5, 5.41) is 12.4. The summed E-state index contributed by atoms with van der Waals surface area (Å²) in [5.74, 6) is 0.00231. The molecule has 0 unspecified atom stereocenters. The Morgan fingerprint density at radius 1 is 1.17 bits per heavy atom. The quantitative estimate of drug-likeness (QED) is 0.706. The number of hydrogen-bond donors (Lipinski definition) is 2. The maximum atomic E-state index is 14.7. The molecule has 3 heterocycles. The number of nitrogens with zero attached hydrogens (tertiary/aromatic N) is 5. The van der Waals surface area contributed by atoms with Crippen molar-refractivity contribution < 1.29 is 13.9 Å². The minimum absolute atomic E-state index is 0.121. The Kier molecular flexibility index (Phi) is 4.40. The maximum Gasteiger partial charge on any atom is 0.216 e. The van der Waals surface area contributed by atoms with Gasteiger partial charge in [0.15, 0.2) is 0 Å². The van der Waals surface area contributed by atoms with E-state index in [2.05, 4.69) is 15.2 Å². The second-order valence-electron chi connectivity index (χ2n) is 7.15. The summed E-state index contributed by atoms with van der Waals surface area (Å²) in [6.07, 6.45) is 0.0587. The molecule has 0 spiro atoms. The van der Waals surface area contributed by atoms with E-state index in [-0.39, 0.29) is 6.61 Å². The van der Waals surface area contributed by atoms with Gasteiger partial charge in [0.05, 0.1) is 24.4 Å². The van der Waals surface area contributed by atoms with Crippen molar-refractivity contribution in [1.82, 2.24) is 19.8 Å². The molecule has 0 fully saturated rings. The molecule has 2 aliphatic heterocycles. The van der Waals surface area contributed by atoms with E-state index in [0.717, 1.165) is 17.1 Å². The smallest absolute Gasteiger partial charge is 0.216 e. The summed E-state index contributed by atoms with van der Waals surface area (Å²) >= 11 is 0. The summed E-state index contributed by atoms with van der Waals surface area (Å²) in [7, 11) is 0. The fourth-order valence-electron chi connectivity index (χ4n) is 3.88. The first-order chi connectivity index (χ1) is 14.2. The summed E-state index contributed by atoms with van der Waals surface area (Å²) in [4.78, 5) is 13.4. The number of fused-ring (bicyclic) bond motifs is 5. The molecule has 3 aromatic rings. The average molecular weight is 398 g/mol. The first kappa shape index (κ1) is 18.0. The number of benzene rings is 2. The molecular formula is C20H20F2N6O. The van der Waals surface area contributed by atoms with Crippen molar-refractivity contribution in [2.75, 3.05) is 31.4 Å². The number of aliphatic imine (C=N–C) groups is 1. The molecular weight excluding hydrogens is 378 g/mol. The molecule has 1 aromatic heterocycles. The molecule has 5 rings (SSSR count). The van der Waals surface area contributed by atoms with Crippen molar-refractivity contribution in [3.8, 4) is 0 Å². The molecule has 0 bridgehead atoms. The van der Waals surface area contributed by atoms with Crippen LogP contribution in [0.4, 0.5) is 14.7 Å². The van der Waals surface area contributed by atoms with Crippen LogP contribution in [0.3, 0.4) is 0 Å². The lowest BCUT2D eigenvalue weighted by atomic mass is 10.1. The van der Waals surface area contributed by atoms with Gasteiger partial charge >= 0.3 is 0 Å². The van der Waals surface area contributed by atoms with Crippen LogP contribution >= 0.6 is 0 Å². The summed E-state index contributed by atoms with van der Waals surface area (Å²) in [6.45, 7) is 1.85. The van der Waals surface area contributed by atoms with Crippen molar-refractivity contribution in [3.63, 3.8) is 0 Å². The lowest BCUT2D eigenvalue weighted by molar-refractivity contribution is 0.223. The molecule has 2 aromatic carbocycles. The normalized spacial score (nSPS) is 18.9. The minimum atomic E-state index is -0.624. The summed E-state index contributed by atoms with van der Waals surface area (Å²) < 4.78 is 30.1. The number of aliphatic hydroxyl groups excluding tert-OH is 1. The zero-order valence-corrected chi connectivity index (χ0v) is 15.6. The predicted octanol–water partition coefficient (Wildman–Crippen LogP) is 2.24. The number of rotatable bonds is 4. The third-order valence-electron chi connectivity index (χ3n) is 5.25. The number of para-hydroxylation sites is 2. The van der Waals surface area contributed by atoms with Crippen LogP contribution < -0.4 is 10.2 Å². The highest BCUT2D eigenvalue weighted by Crippen LogP contribution is 2.34. The first-order valence-electron chi connectivity index (χ1n) is 9.49. The van der Waals surface area contributed by atoms with Crippen molar-refractivity contribution in [2.24, 2.45) is 4.99 Å². The van der Waals surface area contributed by atoms with Crippen molar-refractivity contribution in [2.45, 2.75) is 12.6 Å². The molecule has 0 amide bonds. The second kappa shape index (κ2) is 7.09. The standard InChI is InChI=1S/C20H20F2N6O/c21-13-6-7-14(15(22)10-13)18-25-19-23-11-26(8-3-9-29)12-27(19)20-24-16-4-1-2-5-17(16)28(18)20/h1-2,4-7,10,18,29H,3,8-9,11-12H2,(H,23,25)/t18-/m0/s1. The highest BCUT2D eigenvalue weighted by Gasteiger charge is 2.36. The lowest BCUT2D eigenvalue weighted by Gasteiger charge is -2.41. The van der Waals surface area contributed by atoms with Crippen LogP contribution in [0.25, 0.3) is 11.0 Å². The van der Waals surface area contributed by atoms with Crippen LogP contribution in [0.2, 0.25) is 0 Å². The van der Waals surface area contributed by atoms with E-state index in [1.54, 1.807) is 0 Å². The maximum absolute atomic E-state index is 14.7. The number of aliphatic hydroxyl groups is 1. The van der Waals surface area contributed by atoms with Crippen LogP contribution in [0.15, 0.2) is 47.5 Å². The molecule has 0 radical (unpaired) electrons. The van der Waals surface area contributed by atoms with Gasteiger partial charge in [0, 0.05) is 24.8 Å². The molecule has 9 heteroatoms. The fraction of sp³-hybridized carbons (Fsp3) is 0.300. The van der Waals surface area contributed by atoms with Gasteiger partial charge in [-0.2, -0.15) is 0 Å². The molecule has 1 atom stereocenters. The third kappa shape index (κ3) is 3.02. The van der Waals surface area contributed by atoms with E-state index in [9.17, 15) is 8.78 Å². The van der Waals surface area contributed by atoms with Crippen molar-refractivity contribution >= 4 is 22.9 Å². The third-order valence-corrected chi connectivity index (χ3v) is 5.25. The fourth-order valence-corrected chi connectivity index (χ4v) is 3.88. The number of imidazole rings is 1. The largest absolute Gasteiger partial charge is 0.396 e. The molecule has 0 aliphatic carbocycles. The topological polar surface area (TPSA) is 68.9 Å². The van der Waals surface area contributed by atoms with Crippen molar-refractivity contribution in [3.05, 3.63) is 59.7 Å². The van der Waals surface area contributed by atoms with Gasteiger partial charge < -0.3 is 10.4 Å². The van der Waals surface area contributed by atoms with E-state index in [4.69, 9.17) is 10.1 Å². The number of nitrogens with one attached hydrogen (secondary N) is 1. The number of aromatic nitrogens is 2. The van der Waals surface area contributed by atoms with Crippen LogP contribution in [-0.2, 0) is 0 Å². The van der Waals surface area contributed by atoms with Crippen LogP contribution in [0.1, 0.15) is 18.2 Å². The number of hydrogen-bond acceptors (Lipinski definition) is 6. The Balaban J connectivity index is 1.64. The average Bonchev–Trinajstić information content (AvgIpc) is 3.12. The zero-order chi connectivity index (χ0) is 20.0. The van der Waals surface area contributed by atoms with E-state index in [1.807, 2.05) is 33.7 Å². The lowest BCUT2D eigenvalue weighted by Crippen LogP contribution is -2.57. The highest BCUT2D eigenvalue weighted by atomic mass is 19.1. The van der Waals surface area contributed by atoms with Gasteiger partial charge in [-0.25, -0.2) is 18.8 Å². The van der Waals surface area contributed by atoms with Crippen LogP contribution in [-0.4, -0.2) is 52.0 Å². The highest BCUT2D eigenvalue weighted by molar-refractivity contribution is 5.98. The summed E-state index contributed by atoms with van der Waals surface area (Å²) in [6, 6.07) is 11.2. The Morgan fingerprint density at radius 3 is 2.86 bits per heavy atom. The van der Waals surface area contributed by atoms with E-state index in [1.165, 1.54) is 12.1 Å². The minimum Gasteiger partial charge on any atom is -0.396 e. The van der Waals surface area contributed by atoms with Gasteiger partial charge in [0.2, 0.25) is 11.9 Å². The van der Waals surface area contributed by atoms with Gasteiger partial charge in [-0.05, 0) is 30.7 Å². The van der Waals surface area contributed by atoms with E-state index >= 15 is 0 Å². The zero-order valence-electron chi connectivity index (χ0n) is 15.6. The second-order valence-corrected chi connectivity index (χ2v) is 7.15. The van der Waals surface area contributed by atoms with Gasteiger partial charge in [0.25, 0.3) is 0 Å². The van der Waals surface area contributed by atoms with Gasteiger partial charge in [-0.1, -0.05) is 12.1 Å². The van der Waals surface area contributed by atoms with E-state index < -0.39 is 17.8 Å². The first-order valence-corrected chi connectivity index (χ1v) is 9.49. The Morgan fingerprint density at radius 2 is 2.03 bits per heavy atom. The van der Waals surface area contributed by atoms with Crippen LogP contribution in [0, 0.1) is 11.6 Å². The molecule has 0 saturated carbocycles. The molecule has 29 heavy (non-hydrogen) atoms. The van der Waals surface area contributed by atoms with E-state index in [0.29, 0.717) is 43.8 Å². The summed E-state index contributed by atoms with van der Waals surface area (Å²) in [5.41, 5.74) is 1.95. The van der Waals surface area contributed by atoms with Gasteiger partial charge in [-0.3, -0.25) is 14.4 Å². The van der Waals surface area contributed by atoms with Gasteiger partial charge in [0.1, 0.15) is 17.8 Å². The Labute approximate surface area is 165 Å². The predicted molar refractivity (Wildman–Crippen MR) is 105 cm³/mol. The number of anilines is 1. The monoisotopic (exact) mass is 398 g/mol. The number of halogens is 2. The van der Waals surface area contributed by atoms with Crippen molar-refractivity contribution in [1.29, 1.82) is 0 Å². The Bertz CT molecular complexity index is 1100. The molecule has 7 nitrogen and oxygen atoms in total. The Hall–Kier alpha value is -3.04. The molecule has 2 aliphatic rings. The molecule has 150 valence electrons. The van der Waals surface area contributed by atoms with Crippen LogP contribution in [0.5, 0.6) is 0 Å².